The van der Waals surface area contributed by atoms with E-state index in [2.05, 4.69) is 10.9 Å². The number of halogens is 2. The fourth-order valence-electron chi connectivity index (χ4n) is 1.55. The Kier molecular flexibility index (Phi) is 3.46. The van der Waals surface area contributed by atoms with Gasteiger partial charge in [-0.2, -0.15) is 0 Å². The van der Waals surface area contributed by atoms with Crippen LogP contribution in [0.2, 0.25) is 0 Å². The van der Waals surface area contributed by atoms with Gasteiger partial charge in [-0.15, -0.1) is 0 Å². The quantitative estimate of drug-likeness (QED) is 0.802. The molecular formula is C14H14F2N2. The lowest BCUT2D eigenvalue weighted by Gasteiger charge is -2.12. The van der Waals surface area contributed by atoms with E-state index in [1.165, 1.54) is 12.1 Å². The molecule has 4 heteroatoms. The van der Waals surface area contributed by atoms with Crippen molar-refractivity contribution in [2.75, 3.05) is 10.9 Å². The summed E-state index contributed by atoms with van der Waals surface area (Å²) in [4.78, 5) is 0. The lowest BCUT2D eigenvalue weighted by atomic mass is 10.2. The second-order valence-corrected chi connectivity index (χ2v) is 4.13. The summed E-state index contributed by atoms with van der Waals surface area (Å²) in [7, 11) is 0. The molecule has 0 saturated carbocycles. The van der Waals surface area contributed by atoms with Crippen LogP contribution in [0, 0.1) is 25.5 Å². The van der Waals surface area contributed by atoms with Gasteiger partial charge in [-0.1, -0.05) is 12.1 Å². The summed E-state index contributed by atoms with van der Waals surface area (Å²) in [5, 5.41) is 0. The maximum atomic E-state index is 13.3. The maximum absolute atomic E-state index is 13.3. The second-order valence-electron chi connectivity index (χ2n) is 4.13. The fraction of sp³-hybridized carbons (Fsp3) is 0.143. The summed E-state index contributed by atoms with van der Waals surface area (Å²) in [5.74, 6) is -0.561. The first kappa shape index (κ1) is 12.4. The first-order chi connectivity index (χ1) is 8.58. The molecule has 0 heterocycles. The predicted octanol–water partition coefficient (Wildman–Crippen LogP) is 4.02. The number of rotatable bonds is 3. The first-order valence-corrected chi connectivity index (χ1v) is 5.61. The van der Waals surface area contributed by atoms with Crippen molar-refractivity contribution in [2.45, 2.75) is 13.8 Å². The predicted molar refractivity (Wildman–Crippen MR) is 69.5 cm³/mol. The Bertz CT molecular complexity index is 568. The van der Waals surface area contributed by atoms with Crippen molar-refractivity contribution in [3.05, 3.63) is 59.2 Å². The van der Waals surface area contributed by atoms with E-state index < -0.39 is 0 Å². The highest BCUT2D eigenvalue weighted by Gasteiger charge is 2.03. The van der Waals surface area contributed by atoms with E-state index in [1.54, 1.807) is 38.1 Å². The van der Waals surface area contributed by atoms with E-state index in [0.29, 0.717) is 22.5 Å². The van der Waals surface area contributed by atoms with Gasteiger partial charge in [0.25, 0.3) is 0 Å². The van der Waals surface area contributed by atoms with Crippen LogP contribution in [0.3, 0.4) is 0 Å². The van der Waals surface area contributed by atoms with Crippen molar-refractivity contribution >= 4 is 11.4 Å². The second kappa shape index (κ2) is 5.04. The van der Waals surface area contributed by atoms with Crippen molar-refractivity contribution in [1.82, 2.24) is 0 Å². The van der Waals surface area contributed by atoms with Crippen LogP contribution in [0.25, 0.3) is 0 Å². The molecule has 2 aromatic carbocycles. The van der Waals surface area contributed by atoms with Crippen molar-refractivity contribution in [2.24, 2.45) is 0 Å². The fourth-order valence-corrected chi connectivity index (χ4v) is 1.55. The Labute approximate surface area is 105 Å². The summed E-state index contributed by atoms with van der Waals surface area (Å²) >= 11 is 0. The van der Waals surface area contributed by atoms with E-state index in [1.807, 2.05) is 0 Å². The minimum atomic E-state index is -0.281. The third-order valence-electron chi connectivity index (χ3n) is 2.78. The van der Waals surface area contributed by atoms with Crippen molar-refractivity contribution in [1.29, 1.82) is 0 Å². The van der Waals surface area contributed by atoms with E-state index in [9.17, 15) is 8.78 Å². The monoisotopic (exact) mass is 248 g/mol. The standard InChI is InChI=1S/C14H14F2N2/c1-9-6-7-11(8-13(9)16)17-18-14-5-3-4-12(15)10(14)2/h3-8,17-18H,1-2H3. The molecule has 94 valence electrons. The van der Waals surface area contributed by atoms with Gasteiger partial charge in [0.2, 0.25) is 0 Å². The highest BCUT2D eigenvalue weighted by atomic mass is 19.1. The van der Waals surface area contributed by atoms with Crippen LogP contribution in [0.1, 0.15) is 11.1 Å². The number of anilines is 2. The third kappa shape index (κ3) is 2.59. The molecule has 0 atom stereocenters. The topological polar surface area (TPSA) is 24.1 Å². The summed E-state index contributed by atoms with van der Waals surface area (Å²) in [6, 6.07) is 9.57. The van der Waals surface area contributed by atoms with Gasteiger partial charge in [-0.25, -0.2) is 8.78 Å². The van der Waals surface area contributed by atoms with E-state index in [-0.39, 0.29) is 11.6 Å². The zero-order valence-electron chi connectivity index (χ0n) is 10.2. The van der Waals surface area contributed by atoms with Crippen LogP contribution in [0.4, 0.5) is 20.2 Å². The van der Waals surface area contributed by atoms with Crippen LogP contribution in [0.15, 0.2) is 36.4 Å². The molecule has 2 N–H and O–H groups in total. The first-order valence-electron chi connectivity index (χ1n) is 5.61. The number of nitrogens with one attached hydrogen (secondary N) is 2. The lowest BCUT2D eigenvalue weighted by molar-refractivity contribution is 0.618. The Balaban J connectivity index is 2.11. The van der Waals surface area contributed by atoms with Gasteiger partial charge in [-0.05, 0) is 43.7 Å². The molecule has 0 amide bonds. The van der Waals surface area contributed by atoms with Crippen LogP contribution >= 0.6 is 0 Å². The molecule has 0 aliphatic rings. The average molecular weight is 248 g/mol. The van der Waals surface area contributed by atoms with Gasteiger partial charge < -0.3 is 10.9 Å². The molecule has 2 aromatic rings. The van der Waals surface area contributed by atoms with Gasteiger partial charge in [0.1, 0.15) is 11.6 Å². The van der Waals surface area contributed by atoms with E-state index in [4.69, 9.17) is 0 Å². The Morgan fingerprint density at radius 3 is 2.39 bits per heavy atom. The summed E-state index contributed by atoms with van der Waals surface area (Å²) in [5.41, 5.74) is 8.00. The lowest BCUT2D eigenvalue weighted by Crippen LogP contribution is -2.10. The summed E-state index contributed by atoms with van der Waals surface area (Å²) < 4.78 is 26.6. The number of aryl methyl sites for hydroxylation is 1. The average Bonchev–Trinajstić information content (AvgIpc) is 2.35. The molecule has 0 saturated heterocycles. The molecule has 0 aromatic heterocycles. The number of hydrogen-bond acceptors (Lipinski definition) is 2. The van der Waals surface area contributed by atoms with Crippen LogP contribution in [0.5, 0.6) is 0 Å². The molecule has 0 bridgehead atoms. The molecular weight excluding hydrogens is 234 g/mol. The Hall–Kier alpha value is -2.10. The number of hydrogen-bond donors (Lipinski definition) is 2. The van der Waals surface area contributed by atoms with Gasteiger partial charge in [-0.3, -0.25) is 0 Å². The SMILES string of the molecule is Cc1ccc(NNc2cccc(F)c2C)cc1F. The molecule has 0 unspecified atom stereocenters. The normalized spacial score (nSPS) is 10.2. The molecule has 18 heavy (non-hydrogen) atoms. The molecule has 0 aliphatic carbocycles. The van der Waals surface area contributed by atoms with E-state index >= 15 is 0 Å². The van der Waals surface area contributed by atoms with Crippen molar-refractivity contribution < 1.29 is 8.78 Å². The Morgan fingerprint density at radius 2 is 1.67 bits per heavy atom. The minimum Gasteiger partial charge on any atom is -0.301 e. The zero-order valence-corrected chi connectivity index (χ0v) is 10.2. The molecule has 0 aliphatic heterocycles. The number of benzene rings is 2. The highest BCUT2D eigenvalue weighted by Crippen LogP contribution is 2.19. The van der Waals surface area contributed by atoms with Crippen LogP contribution < -0.4 is 10.9 Å². The van der Waals surface area contributed by atoms with Gasteiger partial charge in [0.15, 0.2) is 0 Å². The summed E-state index contributed by atoms with van der Waals surface area (Å²) in [6.07, 6.45) is 0. The summed E-state index contributed by atoms with van der Waals surface area (Å²) in [6.45, 7) is 3.37. The van der Waals surface area contributed by atoms with Gasteiger partial charge in [0.05, 0.1) is 11.4 Å². The number of hydrazine groups is 1. The molecule has 2 nitrogen and oxygen atoms in total. The van der Waals surface area contributed by atoms with Gasteiger partial charge >= 0.3 is 0 Å². The third-order valence-corrected chi connectivity index (χ3v) is 2.78. The highest BCUT2D eigenvalue weighted by molar-refractivity contribution is 5.56. The van der Waals surface area contributed by atoms with E-state index in [0.717, 1.165) is 0 Å². The molecule has 0 spiro atoms. The molecule has 0 fully saturated rings. The minimum absolute atomic E-state index is 0.280. The molecule has 0 radical (unpaired) electrons. The van der Waals surface area contributed by atoms with Crippen molar-refractivity contribution in [3.8, 4) is 0 Å². The molecule has 2 rings (SSSR count). The Morgan fingerprint density at radius 1 is 0.889 bits per heavy atom. The van der Waals surface area contributed by atoms with Crippen molar-refractivity contribution in [3.63, 3.8) is 0 Å². The smallest absolute Gasteiger partial charge is 0.128 e. The largest absolute Gasteiger partial charge is 0.301 e. The maximum Gasteiger partial charge on any atom is 0.128 e. The zero-order chi connectivity index (χ0) is 13.1. The van der Waals surface area contributed by atoms with Gasteiger partial charge in [0, 0.05) is 5.56 Å². The van der Waals surface area contributed by atoms with Crippen LogP contribution in [-0.4, -0.2) is 0 Å². The van der Waals surface area contributed by atoms with Crippen LogP contribution in [-0.2, 0) is 0 Å².